The number of hydrogen-bond acceptors (Lipinski definition) is 3. The standard InChI is InChI=1S/C27H33N3O3/c31-25(13-12-21-7-2-1-3-8-21)29-17-14-23(15-18-29)27(33)28-20-22-9-6-10-24(19-22)30-16-5-4-11-26(30)32/h1-3,6-10,19,23H,4-5,11-18,20H2,(H,28,33). The van der Waals surface area contributed by atoms with Gasteiger partial charge in [-0.15, -0.1) is 0 Å². The summed E-state index contributed by atoms with van der Waals surface area (Å²) >= 11 is 0. The van der Waals surface area contributed by atoms with Gasteiger partial charge in [0, 0.05) is 50.6 Å². The Morgan fingerprint density at radius 1 is 0.909 bits per heavy atom. The molecule has 4 rings (SSSR count). The van der Waals surface area contributed by atoms with E-state index in [1.54, 1.807) is 0 Å². The van der Waals surface area contributed by atoms with Crippen molar-refractivity contribution in [3.8, 4) is 0 Å². The van der Waals surface area contributed by atoms with Gasteiger partial charge in [0.2, 0.25) is 17.7 Å². The van der Waals surface area contributed by atoms with Crippen LogP contribution in [0, 0.1) is 5.92 Å². The van der Waals surface area contributed by atoms with Crippen LogP contribution >= 0.6 is 0 Å². The molecule has 33 heavy (non-hydrogen) atoms. The molecule has 2 heterocycles. The lowest BCUT2D eigenvalue weighted by molar-refractivity contribution is -0.135. The summed E-state index contributed by atoms with van der Waals surface area (Å²) < 4.78 is 0. The zero-order valence-electron chi connectivity index (χ0n) is 19.2. The molecule has 0 saturated carbocycles. The SMILES string of the molecule is O=C(NCc1cccc(N2CCCCC2=O)c1)C1CCN(C(=O)CCc2ccccc2)CC1. The highest BCUT2D eigenvalue weighted by Crippen LogP contribution is 2.23. The Hall–Kier alpha value is -3.15. The fourth-order valence-corrected chi connectivity index (χ4v) is 4.69. The molecule has 1 N–H and O–H groups in total. The summed E-state index contributed by atoms with van der Waals surface area (Å²) in [5, 5.41) is 3.05. The van der Waals surface area contributed by atoms with Crippen molar-refractivity contribution < 1.29 is 14.4 Å². The summed E-state index contributed by atoms with van der Waals surface area (Å²) in [5.74, 6) is 0.329. The minimum atomic E-state index is -0.0602. The van der Waals surface area contributed by atoms with Crippen molar-refractivity contribution in [1.82, 2.24) is 10.2 Å². The molecule has 3 amide bonds. The van der Waals surface area contributed by atoms with Crippen molar-refractivity contribution in [2.24, 2.45) is 5.92 Å². The van der Waals surface area contributed by atoms with Gasteiger partial charge in [-0.25, -0.2) is 0 Å². The lowest BCUT2D eigenvalue weighted by atomic mass is 9.95. The topological polar surface area (TPSA) is 69.7 Å². The van der Waals surface area contributed by atoms with Gasteiger partial charge in [-0.2, -0.15) is 0 Å². The maximum absolute atomic E-state index is 12.7. The second-order valence-electron chi connectivity index (χ2n) is 9.03. The van der Waals surface area contributed by atoms with Crippen molar-refractivity contribution in [2.45, 2.75) is 51.5 Å². The number of likely N-dealkylation sites (tertiary alicyclic amines) is 1. The molecule has 0 aliphatic carbocycles. The van der Waals surface area contributed by atoms with Gasteiger partial charge in [-0.05, 0) is 55.4 Å². The molecule has 0 radical (unpaired) electrons. The van der Waals surface area contributed by atoms with E-state index < -0.39 is 0 Å². The molecule has 0 atom stereocenters. The summed E-state index contributed by atoms with van der Waals surface area (Å²) in [6.07, 6.45) is 5.26. The Kier molecular flexibility index (Phi) is 7.76. The van der Waals surface area contributed by atoms with Crippen LogP contribution < -0.4 is 10.2 Å². The van der Waals surface area contributed by atoms with Crippen molar-refractivity contribution in [1.29, 1.82) is 0 Å². The molecule has 2 aliphatic rings. The van der Waals surface area contributed by atoms with Crippen LogP contribution in [0.2, 0.25) is 0 Å². The van der Waals surface area contributed by atoms with E-state index in [1.807, 2.05) is 64.4 Å². The van der Waals surface area contributed by atoms with Crippen LogP contribution in [0.1, 0.15) is 49.7 Å². The first-order valence-electron chi connectivity index (χ1n) is 12.1. The number of nitrogens with zero attached hydrogens (tertiary/aromatic N) is 2. The minimum absolute atomic E-state index is 0.0471. The Bertz CT molecular complexity index is 968. The van der Waals surface area contributed by atoms with Gasteiger partial charge in [-0.3, -0.25) is 14.4 Å². The quantitative estimate of drug-likeness (QED) is 0.704. The Morgan fingerprint density at radius 2 is 1.67 bits per heavy atom. The Morgan fingerprint density at radius 3 is 2.42 bits per heavy atom. The van der Waals surface area contributed by atoms with Crippen LogP contribution in [0.5, 0.6) is 0 Å². The third-order valence-electron chi connectivity index (χ3n) is 6.70. The first-order valence-corrected chi connectivity index (χ1v) is 12.1. The molecule has 2 saturated heterocycles. The number of hydrogen-bond donors (Lipinski definition) is 1. The number of rotatable bonds is 7. The van der Waals surface area contributed by atoms with Crippen molar-refractivity contribution in [3.63, 3.8) is 0 Å². The van der Waals surface area contributed by atoms with Crippen LogP contribution in [-0.2, 0) is 27.3 Å². The third kappa shape index (κ3) is 6.21. The van der Waals surface area contributed by atoms with E-state index in [4.69, 9.17) is 0 Å². The van der Waals surface area contributed by atoms with E-state index in [0.29, 0.717) is 45.3 Å². The Labute approximate surface area is 196 Å². The van der Waals surface area contributed by atoms with Crippen molar-refractivity contribution >= 4 is 23.4 Å². The normalized spacial score (nSPS) is 17.2. The molecule has 6 heteroatoms. The molecule has 174 valence electrons. The average Bonchev–Trinajstić information content (AvgIpc) is 2.87. The van der Waals surface area contributed by atoms with Crippen LogP contribution in [0.25, 0.3) is 0 Å². The fraction of sp³-hybridized carbons (Fsp3) is 0.444. The predicted molar refractivity (Wildman–Crippen MR) is 129 cm³/mol. The fourth-order valence-electron chi connectivity index (χ4n) is 4.69. The smallest absolute Gasteiger partial charge is 0.226 e. The van der Waals surface area contributed by atoms with Gasteiger partial charge in [-0.1, -0.05) is 42.5 Å². The molecule has 2 aromatic rings. The van der Waals surface area contributed by atoms with E-state index >= 15 is 0 Å². The Balaban J connectivity index is 1.21. The van der Waals surface area contributed by atoms with Gasteiger partial charge in [0.25, 0.3) is 0 Å². The third-order valence-corrected chi connectivity index (χ3v) is 6.70. The predicted octanol–water partition coefficient (Wildman–Crippen LogP) is 3.69. The highest BCUT2D eigenvalue weighted by atomic mass is 16.2. The second-order valence-corrected chi connectivity index (χ2v) is 9.03. The van der Waals surface area contributed by atoms with E-state index in [-0.39, 0.29) is 23.6 Å². The maximum Gasteiger partial charge on any atom is 0.226 e. The van der Waals surface area contributed by atoms with E-state index in [0.717, 1.165) is 37.1 Å². The average molecular weight is 448 g/mol. The van der Waals surface area contributed by atoms with E-state index in [9.17, 15) is 14.4 Å². The monoisotopic (exact) mass is 447 g/mol. The zero-order valence-corrected chi connectivity index (χ0v) is 19.2. The molecule has 0 unspecified atom stereocenters. The molecule has 6 nitrogen and oxygen atoms in total. The zero-order chi connectivity index (χ0) is 23.0. The van der Waals surface area contributed by atoms with Crippen LogP contribution in [0.4, 0.5) is 5.69 Å². The van der Waals surface area contributed by atoms with Crippen LogP contribution in [0.15, 0.2) is 54.6 Å². The molecular weight excluding hydrogens is 414 g/mol. The molecule has 0 spiro atoms. The van der Waals surface area contributed by atoms with E-state index in [2.05, 4.69) is 5.32 Å². The first kappa shape index (κ1) is 23.0. The van der Waals surface area contributed by atoms with Gasteiger partial charge in [0.05, 0.1) is 0 Å². The lowest BCUT2D eigenvalue weighted by Crippen LogP contribution is -2.43. The molecule has 0 bridgehead atoms. The number of anilines is 1. The van der Waals surface area contributed by atoms with Gasteiger partial charge in [0.15, 0.2) is 0 Å². The van der Waals surface area contributed by atoms with Crippen LogP contribution in [-0.4, -0.2) is 42.3 Å². The number of amides is 3. The summed E-state index contributed by atoms with van der Waals surface area (Å²) in [5.41, 5.74) is 3.08. The first-order chi connectivity index (χ1) is 16.1. The highest BCUT2D eigenvalue weighted by Gasteiger charge is 2.27. The summed E-state index contributed by atoms with van der Waals surface area (Å²) in [4.78, 5) is 41.2. The summed E-state index contributed by atoms with van der Waals surface area (Å²) in [6, 6.07) is 17.9. The molecule has 0 aromatic heterocycles. The van der Waals surface area contributed by atoms with Gasteiger partial charge >= 0.3 is 0 Å². The number of aryl methyl sites for hydroxylation is 1. The molecular formula is C27H33N3O3. The molecule has 2 fully saturated rings. The van der Waals surface area contributed by atoms with Crippen LogP contribution in [0.3, 0.4) is 0 Å². The largest absolute Gasteiger partial charge is 0.352 e. The molecule has 2 aromatic carbocycles. The second kappa shape index (κ2) is 11.1. The number of carbonyl (C=O) groups is 3. The van der Waals surface area contributed by atoms with E-state index in [1.165, 1.54) is 5.56 Å². The minimum Gasteiger partial charge on any atom is -0.352 e. The summed E-state index contributed by atoms with van der Waals surface area (Å²) in [6.45, 7) is 2.48. The number of nitrogens with one attached hydrogen (secondary N) is 1. The number of piperidine rings is 2. The van der Waals surface area contributed by atoms with Gasteiger partial charge in [0.1, 0.15) is 0 Å². The maximum atomic E-state index is 12.7. The van der Waals surface area contributed by atoms with Crippen molar-refractivity contribution in [2.75, 3.05) is 24.5 Å². The van der Waals surface area contributed by atoms with Gasteiger partial charge < -0.3 is 15.1 Å². The summed E-state index contributed by atoms with van der Waals surface area (Å²) in [7, 11) is 0. The van der Waals surface area contributed by atoms with Crippen molar-refractivity contribution in [3.05, 3.63) is 65.7 Å². The highest BCUT2D eigenvalue weighted by molar-refractivity contribution is 5.94. The lowest BCUT2D eigenvalue weighted by Gasteiger charge is -2.31. The number of benzene rings is 2. The molecule has 2 aliphatic heterocycles. The number of carbonyl (C=O) groups excluding carboxylic acids is 3.